The van der Waals surface area contributed by atoms with Gasteiger partial charge in [0.2, 0.25) is 0 Å². The van der Waals surface area contributed by atoms with Crippen molar-refractivity contribution in [2.75, 3.05) is 31.1 Å². The van der Waals surface area contributed by atoms with Gasteiger partial charge in [-0.1, -0.05) is 12.1 Å². The molecule has 4 nitrogen and oxygen atoms in total. The minimum Gasteiger partial charge on any atom is -0.367 e. The first kappa shape index (κ1) is 12.5. The topological polar surface area (TPSA) is 52.6 Å². The molecule has 1 unspecified atom stereocenters. The van der Waals surface area contributed by atoms with Crippen molar-refractivity contribution in [3.8, 4) is 0 Å². The molecule has 1 aromatic rings. The normalized spacial score (nSPS) is 18.1. The number of halogens is 1. The number of nitrogens with one attached hydrogen (secondary N) is 1. The van der Waals surface area contributed by atoms with Gasteiger partial charge in [-0.05, 0) is 6.07 Å². The van der Waals surface area contributed by atoms with Crippen LogP contribution in [0.4, 0.5) is 10.1 Å². The zero-order chi connectivity index (χ0) is 12.3. The van der Waals surface area contributed by atoms with Crippen molar-refractivity contribution in [3.63, 3.8) is 0 Å². The standard InChI is InChI=1S/C11H15FN2O2S/c12-11-9(8-17(15)16)2-1-3-10(11)14-6-4-13-5-7-14/h1-3,13H,4-8H2,(H,15,16). The molecule has 1 heterocycles. The van der Waals surface area contributed by atoms with Crippen molar-refractivity contribution in [1.82, 2.24) is 5.32 Å². The maximum absolute atomic E-state index is 14.1. The van der Waals surface area contributed by atoms with Crippen molar-refractivity contribution in [2.24, 2.45) is 0 Å². The molecule has 0 bridgehead atoms. The fourth-order valence-corrected chi connectivity index (χ4v) is 2.45. The van der Waals surface area contributed by atoms with E-state index in [9.17, 15) is 8.60 Å². The lowest BCUT2D eigenvalue weighted by Gasteiger charge is -2.30. The molecule has 2 rings (SSSR count). The van der Waals surface area contributed by atoms with Crippen LogP contribution >= 0.6 is 0 Å². The highest BCUT2D eigenvalue weighted by molar-refractivity contribution is 7.78. The van der Waals surface area contributed by atoms with Gasteiger partial charge in [-0.15, -0.1) is 0 Å². The minimum atomic E-state index is -2.01. The number of rotatable bonds is 3. The zero-order valence-corrected chi connectivity index (χ0v) is 10.2. The van der Waals surface area contributed by atoms with Gasteiger partial charge in [0.15, 0.2) is 16.9 Å². The van der Waals surface area contributed by atoms with Crippen LogP contribution in [0.25, 0.3) is 0 Å². The van der Waals surface area contributed by atoms with E-state index in [1.165, 1.54) is 0 Å². The summed E-state index contributed by atoms with van der Waals surface area (Å²) < 4.78 is 33.7. The summed E-state index contributed by atoms with van der Waals surface area (Å²) in [5.74, 6) is -0.539. The first-order chi connectivity index (χ1) is 8.18. The second-order valence-electron chi connectivity index (χ2n) is 3.95. The number of anilines is 1. The molecule has 0 amide bonds. The van der Waals surface area contributed by atoms with Crippen LogP contribution in [-0.2, 0) is 16.8 Å². The van der Waals surface area contributed by atoms with Gasteiger partial charge in [0.05, 0.1) is 11.4 Å². The summed E-state index contributed by atoms with van der Waals surface area (Å²) in [6.07, 6.45) is 0. The van der Waals surface area contributed by atoms with E-state index in [1.54, 1.807) is 18.2 Å². The monoisotopic (exact) mass is 258 g/mol. The van der Waals surface area contributed by atoms with Gasteiger partial charge < -0.3 is 14.8 Å². The van der Waals surface area contributed by atoms with Crippen molar-refractivity contribution < 1.29 is 13.2 Å². The molecule has 0 spiro atoms. The molecule has 2 N–H and O–H groups in total. The maximum Gasteiger partial charge on any atom is 0.157 e. The third kappa shape index (κ3) is 3.02. The largest absolute Gasteiger partial charge is 0.367 e. The highest BCUT2D eigenvalue weighted by Crippen LogP contribution is 2.23. The maximum atomic E-state index is 14.1. The first-order valence-corrected chi connectivity index (χ1v) is 6.76. The summed E-state index contributed by atoms with van der Waals surface area (Å²) >= 11 is -2.01. The Morgan fingerprint density at radius 3 is 2.76 bits per heavy atom. The Morgan fingerprint density at radius 1 is 1.41 bits per heavy atom. The SMILES string of the molecule is O=S(O)Cc1cccc(N2CCNCC2)c1F. The van der Waals surface area contributed by atoms with E-state index in [-0.39, 0.29) is 11.6 Å². The molecule has 94 valence electrons. The Bertz CT molecular complexity index is 422. The lowest BCUT2D eigenvalue weighted by atomic mass is 10.2. The fraction of sp³-hybridized carbons (Fsp3) is 0.455. The highest BCUT2D eigenvalue weighted by atomic mass is 32.2. The predicted octanol–water partition coefficient (Wildman–Crippen LogP) is 0.957. The average molecular weight is 258 g/mol. The molecule has 0 aromatic heterocycles. The molecule has 1 atom stereocenters. The summed E-state index contributed by atoms with van der Waals surface area (Å²) in [6.45, 7) is 3.16. The van der Waals surface area contributed by atoms with E-state index in [1.807, 2.05) is 4.90 Å². The Hall–Kier alpha value is -0.980. The van der Waals surface area contributed by atoms with Crippen molar-refractivity contribution in [1.29, 1.82) is 0 Å². The number of piperazine rings is 1. The van der Waals surface area contributed by atoms with E-state index in [4.69, 9.17) is 4.55 Å². The Labute approximate surface area is 102 Å². The molecule has 0 radical (unpaired) electrons. The quantitative estimate of drug-likeness (QED) is 0.793. The molecule has 17 heavy (non-hydrogen) atoms. The molecule has 6 heteroatoms. The summed E-state index contributed by atoms with van der Waals surface area (Å²) in [4.78, 5) is 1.95. The first-order valence-electron chi connectivity index (χ1n) is 5.49. The molecule has 1 aliphatic rings. The molecule has 0 saturated carbocycles. The zero-order valence-electron chi connectivity index (χ0n) is 9.36. The number of benzene rings is 1. The van der Waals surface area contributed by atoms with Gasteiger partial charge >= 0.3 is 0 Å². The Kier molecular flexibility index (Phi) is 4.09. The fourth-order valence-electron chi connectivity index (χ4n) is 1.96. The number of hydrogen-bond acceptors (Lipinski definition) is 3. The van der Waals surface area contributed by atoms with Gasteiger partial charge in [-0.3, -0.25) is 0 Å². The Balaban J connectivity index is 2.24. The van der Waals surface area contributed by atoms with E-state index in [0.717, 1.165) is 26.2 Å². The van der Waals surface area contributed by atoms with Gasteiger partial charge in [0.25, 0.3) is 0 Å². The summed E-state index contributed by atoms with van der Waals surface area (Å²) in [6, 6.07) is 4.99. The second kappa shape index (κ2) is 5.57. The van der Waals surface area contributed by atoms with Gasteiger partial charge in [0.1, 0.15) is 0 Å². The van der Waals surface area contributed by atoms with Crippen molar-refractivity contribution >= 4 is 16.8 Å². The molecular formula is C11H15FN2O2S. The third-order valence-electron chi connectivity index (χ3n) is 2.79. The van der Waals surface area contributed by atoms with Crippen molar-refractivity contribution in [2.45, 2.75) is 5.75 Å². The highest BCUT2D eigenvalue weighted by Gasteiger charge is 2.17. The van der Waals surface area contributed by atoms with Crippen LogP contribution in [0.3, 0.4) is 0 Å². The van der Waals surface area contributed by atoms with Crippen LogP contribution in [0.2, 0.25) is 0 Å². The Morgan fingerprint density at radius 2 is 2.12 bits per heavy atom. The van der Waals surface area contributed by atoms with Crippen LogP contribution in [0.1, 0.15) is 5.56 Å². The summed E-state index contributed by atoms with van der Waals surface area (Å²) in [5, 5.41) is 3.20. The molecule has 0 aliphatic carbocycles. The van der Waals surface area contributed by atoms with Crippen molar-refractivity contribution in [3.05, 3.63) is 29.6 Å². The lowest BCUT2D eigenvalue weighted by Crippen LogP contribution is -2.44. The van der Waals surface area contributed by atoms with E-state index < -0.39 is 11.1 Å². The predicted molar refractivity (Wildman–Crippen MR) is 66.0 cm³/mol. The van der Waals surface area contributed by atoms with Gasteiger partial charge in [-0.2, -0.15) is 0 Å². The van der Waals surface area contributed by atoms with Crippen LogP contribution in [0.5, 0.6) is 0 Å². The van der Waals surface area contributed by atoms with E-state index in [2.05, 4.69) is 5.32 Å². The van der Waals surface area contributed by atoms with Gasteiger partial charge in [0, 0.05) is 31.7 Å². The third-order valence-corrected chi connectivity index (χ3v) is 3.35. The van der Waals surface area contributed by atoms with Crippen LogP contribution in [-0.4, -0.2) is 34.9 Å². The van der Waals surface area contributed by atoms with E-state index in [0.29, 0.717) is 11.3 Å². The van der Waals surface area contributed by atoms with Gasteiger partial charge in [-0.25, -0.2) is 8.60 Å². The molecule has 1 saturated heterocycles. The molecular weight excluding hydrogens is 243 g/mol. The van der Waals surface area contributed by atoms with E-state index >= 15 is 0 Å². The van der Waals surface area contributed by atoms with Crippen LogP contribution < -0.4 is 10.2 Å². The smallest absolute Gasteiger partial charge is 0.157 e. The minimum absolute atomic E-state index is 0.161. The summed E-state index contributed by atoms with van der Waals surface area (Å²) in [5.41, 5.74) is 0.816. The summed E-state index contributed by atoms with van der Waals surface area (Å²) in [7, 11) is 0. The molecule has 1 aromatic carbocycles. The average Bonchev–Trinajstić information content (AvgIpc) is 2.32. The molecule has 1 fully saturated rings. The number of nitrogens with zero attached hydrogens (tertiary/aromatic N) is 1. The van der Waals surface area contributed by atoms with Crippen LogP contribution in [0, 0.1) is 5.82 Å². The molecule has 1 aliphatic heterocycles. The lowest BCUT2D eigenvalue weighted by molar-refractivity contribution is 0.552. The second-order valence-corrected chi connectivity index (χ2v) is 4.88. The van der Waals surface area contributed by atoms with Crippen LogP contribution in [0.15, 0.2) is 18.2 Å². The number of hydrogen-bond donors (Lipinski definition) is 2.